The summed E-state index contributed by atoms with van der Waals surface area (Å²) in [6.45, 7) is 7.03. The molecule has 3 nitrogen and oxygen atoms in total. The second kappa shape index (κ2) is 6.60. The smallest absolute Gasteiger partial charge is 0.152 e. The molecule has 1 aliphatic rings. The second-order valence-corrected chi connectivity index (χ2v) is 7.17. The largest absolute Gasteiger partial charge is 0.301 e. The highest BCUT2D eigenvalue weighted by Crippen LogP contribution is 2.15. The molecule has 96 valence electrons. The monoisotopic (exact) mass is 247 g/mol. The third-order valence-electron chi connectivity index (χ3n) is 3.50. The standard InChI is InChI=1S/C12H25NO2S/c1-3-5-6-12(4-2)11-13-7-9-16(14,15)10-8-13/h12H,3-11H2,1-2H3. The Hall–Kier alpha value is -0.0900. The summed E-state index contributed by atoms with van der Waals surface area (Å²) in [5, 5.41) is 0. The van der Waals surface area contributed by atoms with Gasteiger partial charge in [-0.05, 0) is 12.3 Å². The summed E-state index contributed by atoms with van der Waals surface area (Å²) in [4.78, 5) is 2.32. The average molecular weight is 247 g/mol. The zero-order valence-electron chi connectivity index (χ0n) is 10.6. The molecule has 1 unspecified atom stereocenters. The summed E-state index contributed by atoms with van der Waals surface area (Å²) in [6.07, 6.45) is 5.05. The average Bonchev–Trinajstić information content (AvgIpc) is 2.26. The van der Waals surface area contributed by atoms with Crippen LogP contribution in [0.25, 0.3) is 0 Å². The molecule has 1 aliphatic heterocycles. The molecule has 0 saturated carbocycles. The topological polar surface area (TPSA) is 37.4 Å². The van der Waals surface area contributed by atoms with Crippen molar-refractivity contribution < 1.29 is 8.42 Å². The lowest BCUT2D eigenvalue weighted by Crippen LogP contribution is -2.42. The van der Waals surface area contributed by atoms with Crippen LogP contribution < -0.4 is 0 Å². The lowest BCUT2D eigenvalue weighted by molar-refractivity contribution is 0.233. The first-order valence-corrected chi connectivity index (χ1v) is 8.32. The SMILES string of the molecule is CCCCC(CC)CN1CCS(=O)(=O)CC1. The number of hydrogen-bond donors (Lipinski definition) is 0. The Labute approximate surface area is 100 Å². The van der Waals surface area contributed by atoms with Crippen molar-refractivity contribution in [3.63, 3.8) is 0 Å². The maximum Gasteiger partial charge on any atom is 0.152 e. The quantitative estimate of drug-likeness (QED) is 0.720. The molecule has 0 N–H and O–H groups in total. The fourth-order valence-corrected chi connectivity index (χ4v) is 3.49. The fraction of sp³-hybridized carbons (Fsp3) is 1.00. The lowest BCUT2D eigenvalue weighted by atomic mass is 9.99. The van der Waals surface area contributed by atoms with Crippen molar-refractivity contribution in [2.75, 3.05) is 31.1 Å². The van der Waals surface area contributed by atoms with E-state index in [4.69, 9.17) is 0 Å². The van der Waals surface area contributed by atoms with E-state index in [0.717, 1.165) is 25.6 Å². The Morgan fingerprint density at radius 2 is 1.81 bits per heavy atom. The molecule has 0 aromatic rings. The Balaban J connectivity index is 2.31. The van der Waals surface area contributed by atoms with Gasteiger partial charge in [0.2, 0.25) is 0 Å². The van der Waals surface area contributed by atoms with Crippen molar-refractivity contribution in [1.29, 1.82) is 0 Å². The lowest BCUT2D eigenvalue weighted by Gasteiger charge is -2.30. The summed E-state index contributed by atoms with van der Waals surface area (Å²) in [7, 11) is -2.72. The minimum atomic E-state index is -2.72. The van der Waals surface area contributed by atoms with E-state index in [1.165, 1.54) is 25.7 Å². The number of hydrogen-bond acceptors (Lipinski definition) is 3. The van der Waals surface area contributed by atoms with Gasteiger partial charge >= 0.3 is 0 Å². The molecular weight excluding hydrogens is 222 g/mol. The number of rotatable bonds is 6. The molecule has 0 amide bonds. The van der Waals surface area contributed by atoms with Crippen LogP contribution in [0, 0.1) is 5.92 Å². The Morgan fingerprint density at radius 3 is 2.31 bits per heavy atom. The molecule has 16 heavy (non-hydrogen) atoms. The van der Waals surface area contributed by atoms with Gasteiger partial charge in [0, 0.05) is 19.6 Å². The molecule has 1 fully saturated rings. The van der Waals surface area contributed by atoms with E-state index in [1.54, 1.807) is 0 Å². The number of sulfone groups is 1. The Bertz CT molecular complexity index is 273. The summed E-state index contributed by atoms with van der Waals surface area (Å²) >= 11 is 0. The summed E-state index contributed by atoms with van der Waals surface area (Å²) in [5.41, 5.74) is 0. The zero-order valence-corrected chi connectivity index (χ0v) is 11.4. The van der Waals surface area contributed by atoms with Gasteiger partial charge in [-0.25, -0.2) is 8.42 Å². The van der Waals surface area contributed by atoms with Crippen LogP contribution in [0.1, 0.15) is 39.5 Å². The van der Waals surface area contributed by atoms with Crippen molar-refractivity contribution in [3.8, 4) is 0 Å². The Kier molecular flexibility index (Phi) is 5.76. The Morgan fingerprint density at radius 1 is 1.19 bits per heavy atom. The molecule has 0 bridgehead atoms. The third-order valence-corrected chi connectivity index (χ3v) is 5.11. The minimum Gasteiger partial charge on any atom is -0.301 e. The summed E-state index contributed by atoms with van der Waals surface area (Å²) in [5.74, 6) is 1.47. The molecule has 1 rings (SSSR count). The first-order chi connectivity index (χ1) is 7.57. The van der Waals surface area contributed by atoms with Crippen molar-refractivity contribution in [2.45, 2.75) is 39.5 Å². The van der Waals surface area contributed by atoms with Crippen molar-refractivity contribution >= 4 is 9.84 Å². The van der Waals surface area contributed by atoms with Gasteiger partial charge in [0.05, 0.1) is 11.5 Å². The van der Waals surface area contributed by atoms with Crippen molar-refractivity contribution in [1.82, 2.24) is 4.90 Å². The molecule has 4 heteroatoms. The molecule has 1 heterocycles. The van der Waals surface area contributed by atoms with Crippen LogP contribution in [0.15, 0.2) is 0 Å². The van der Waals surface area contributed by atoms with Crippen LogP contribution in [0.5, 0.6) is 0 Å². The van der Waals surface area contributed by atoms with E-state index in [-0.39, 0.29) is 0 Å². The van der Waals surface area contributed by atoms with Gasteiger partial charge in [-0.15, -0.1) is 0 Å². The highest BCUT2D eigenvalue weighted by atomic mass is 32.2. The van der Waals surface area contributed by atoms with E-state index in [1.807, 2.05) is 0 Å². The first-order valence-electron chi connectivity index (χ1n) is 6.50. The summed E-state index contributed by atoms with van der Waals surface area (Å²) < 4.78 is 22.6. The third kappa shape index (κ3) is 4.83. The van der Waals surface area contributed by atoms with Crippen LogP contribution in [0.2, 0.25) is 0 Å². The normalized spacial score (nSPS) is 23.1. The molecule has 1 atom stereocenters. The van der Waals surface area contributed by atoms with Gasteiger partial charge in [-0.2, -0.15) is 0 Å². The zero-order chi connectivity index (χ0) is 12.0. The number of unbranched alkanes of at least 4 members (excludes halogenated alkanes) is 1. The van der Waals surface area contributed by atoms with E-state index in [9.17, 15) is 8.42 Å². The highest BCUT2D eigenvalue weighted by molar-refractivity contribution is 7.91. The van der Waals surface area contributed by atoms with Crippen LogP contribution in [-0.4, -0.2) is 44.5 Å². The molecular formula is C12H25NO2S. The van der Waals surface area contributed by atoms with Crippen LogP contribution >= 0.6 is 0 Å². The molecule has 1 saturated heterocycles. The maximum absolute atomic E-state index is 11.3. The minimum absolute atomic E-state index is 0.358. The van der Waals surface area contributed by atoms with Crippen LogP contribution in [0.3, 0.4) is 0 Å². The fourth-order valence-electron chi connectivity index (χ4n) is 2.22. The van der Waals surface area contributed by atoms with Crippen molar-refractivity contribution in [2.24, 2.45) is 5.92 Å². The predicted octanol–water partition coefficient (Wildman–Crippen LogP) is 1.93. The van der Waals surface area contributed by atoms with Crippen LogP contribution in [0.4, 0.5) is 0 Å². The second-order valence-electron chi connectivity index (χ2n) is 4.87. The number of nitrogens with zero attached hydrogens (tertiary/aromatic N) is 1. The molecule has 0 spiro atoms. The molecule has 0 aliphatic carbocycles. The molecule has 0 radical (unpaired) electrons. The van der Waals surface area contributed by atoms with E-state index < -0.39 is 9.84 Å². The predicted molar refractivity (Wildman–Crippen MR) is 68.4 cm³/mol. The van der Waals surface area contributed by atoms with Crippen molar-refractivity contribution in [3.05, 3.63) is 0 Å². The van der Waals surface area contributed by atoms with Crippen LogP contribution in [-0.2, 0) is 9.84 Å². The first kappa shape index (κ1) is 14.0. The van der Waals surface area contributed by atoms with Gasteiger partial charge in [0.25, 0.3) is 0 Å². The highest BCUT2D eigenvalue weighted by Gasteiger charge is 2.22. The van der Waals surface area contributed by atoms with Gasteiger partial charge in [0.1, 0.15) is 0 Å². The van der Waals surface area contributed by atoms with Gasteiger partial charge < -0.3 is 4.90 Å². The molecule has 0 aromatic heterocycles. The summed E-state index contributed by atoms with van der Waals surface area (Å²) in [6, 6.07) is 0. The van der Waals surface area contributed by atoms with Gasteiger partial charge in [-0.1, -0.05) is 33.1 Å². The van der Waals surface area contributed by atoms with Gasteiger partial charge in [0.15, 0.2) is 9.84 Å². The van der Waals surface area contributed by atoms with Gasteiger partial charge in [-0.3, -0.25) is 0 Å². The molecule has 0 aromatic carbocycles. The van der Waals surface area contributed by atoms with E-state index in [0.29, 0.717) is 11.5 Å². The maximum atomic E-state index is 11.3. The van der Waals surface area contributed by atoms with E-state index in [2.05, 4.69) is 18.7 Å². The van der Waals surface area contributed by atoms with E-state index >= 15 is 0 Å².